The summed E-state index contributed by atoms with van der Waals surface area (Å²) in [7, 11) is -4.15. The van der Waals surface area contributed by atoms with Crippen molar-refractivity contribution < 1.29 is 17.7 Å². The molecule has 0 aromatic rings. The number of halogens is 2. The molecule has 0 radical (unpaired) electrons. The molecule has 1 fully saturated rings. The van der Waals surface area contributed by atoms with E-state index >= 15 is 0 Å². The zero-order chi connectivity index (χ0) is 9.35. The van der Waals surface area contributed by atoms with Crippen molar-refractivity contribution in [1.82, 2.24) is 4.31 Å². The van der Waals surface area contributed by atoms with E-state index in [0.29, 0.717) is 0 Å². The van der Waals surface area contributed by atoms with Gasteiger partial charge in [0.25, 0.3) is 0 Å². The molecule has 0 amide bonds. The maximum Gasteiger partial charge on any atom is 0.338 e. The lowest BCUT2D eigenvalue weighted by atomic mass is 10.6. The van der Waals surface area contributed by atoms with Crippen molar-refractivity contribution >= 4 is 42.2 Å². The molecular formula is C4H7Br2NO4S. The van der Waals surface area contributed by atoms with Gasteiger partial charge in [-0.05, 0) is 0 Å². The second kappa shape index (κ2) is 3.89. The van der Waals surface area contributed by atoms with Gasteiger partial charge in [0, 0.05) is 6.54 Å². The molecular weight excluding hydrogens is 318 g/mol. The van der Waals surface area contributed by atoms with Crippen LogP contribution in [0.3, 0.4) is 0 Å². The van der Waals surface area contributed by atoms with Crippen LogP contribution in [0.15, 0.2) is 0 Å². The minimum absolute atomic E-state index is 0.178. The summed E-state index contributed by atoms with van der Waals surface area (Å²) in [6, 6.07) is 0. The van der Waals surface area contributed by atoms with Crippen molar-refractivity contribution in [3.05, 3.63) is 0 Å². The molecule has 0 spiro atoms. The van der Waals surface area contributed by atoms with Crippen molar-refractivity contribution in [3.8, 4) is 0 Å². The van der Waals surface area contributed by atoms with Crippen LogP contribution in [0.4, 0.5) is 0 Å². The third kappa shape index (κ3) is 2.39. The molecule has 1 aliphatic heterocycles. The minimum atomic E-state index is -4.15. The summed E-state index contributed by atoms with van der Waals surface area (Å²) in [6.45, 7) is 0.468. The quantitative estimate of drug-likeness (QED) is 0.595. The third-order valence-electron chi connectivity index (χ3n) is 1.40. The molecule has 72 valence electrons. The Kier molecular flexibility index (Phi) is 3.52. The smallest absolute Gasteiger partial charge is 0.338 e. The Bertz CT molecular complexity index is 254. The van der Waals surface area contributed by atoms with E-state index in [1.54, 1.807) is 0 Å². The number of nitrogens with zero attached hydrogens (tertiary/aromatic N) is 1. The standard InChI is InChI=1S/C4H7Br2NO4S/c5-3(6)4-7(1-2-11-4)12(8,9)10/h3-4H,1-2H2,(H,8,9,10). The molecule has 1 saturated heterocycles. The number of hydrogen-bond acceptors (Lipinski definition) is 3. The highest BCUT2D eigenvalue weighted by Crippen LogP contribution is 2.25. The van der Waals surface area contributed by atoms with Gasteiger partial charge in [0.05, 0.1) is 6.61 Å². The maximum absolute atomic E-state index is 10.7. The molecule has 0 aromatic heterocycles. The largest absolute Gasteiger partial charge is 0.359 e. The van der Waals surface area contributed by atoms with E-state index in [1.807, 2.05) is 0 Å². The van der Waals surface area contributed by atoms with Crippen LogP contribution in [0.2, 0.25) is 0 Å². The van der Waals surface area contributed by atoms with Crippen molar-refractivity contribution in [2.75, 3.05) is 13.2 Å². The van der Waals surface area contributed by atoms with E-state index in [1.165, 1.54) is 0 Å². The van der Waals surface area contributed by atoms with Crippen LogP contribution in [0.25, 0.3) is 0 Å². The molecule has 12 heavy (non-hydrogen) atoms. The van der Waals surface area contributed by atoms with Crippen molar-refractivity contribution in [1.29, 1.82) is 0 Å². The highest BCUT2D eigenvalue weighted by molar-refractivity contribution is 9.24. The molecule has 0 saturated carbocycles. The Morgan fingerprint density at radius 2 is 2.17 bits per heavy atom. The van der Waals surface area contributed by atoms with E-state index in [-0.39, 0.29) is 16.9 Å². The average Bonchev–Trinajstić information content (AvgIpc) is 2.30. The monoisotopic (exact) mass is 323 g/mol. The summed E-state index contributed by atoms with van der Waals surface area (Å²) in [5.74, 6) is 0. The number of ether oxygens (including phenoxy) is 1. The fourth-order valence-electron chi connectivity index (χ4n) is 0.919. The fourth-order valence-corrected chi connectivity index (χ4v) is 2.86. The van der Waals surface area contributed by atoms with Gasteiger partial charge >= 0.3 is 10.3 Å². The Morgan fingerprint density at radius 3 is 2.50 bits per heavy atom. The fraction of sp³-hybridized carbons (Fsp3) is 1.00. The molecule has 5 nitrogen and oxygen atoms in total. The maximum atomic E-state index is 10.7. The molecule has 1 N–H and O–H groups in total. The van der Waals surface area contributed by atoms with Crippen LogP contribution in [-0.4, -0.2) is 40.4 Å². The molecule has 1 atom stereocenters. The second-order valence-electron chi connectivity index (χ2n) is 2.18. The molecule has 8 heteroatoms. The Morgan fingerprint density at radius 1 is 1.58 bits per heavy atom. The van der Waals surface area contributed by atoms with E-state index in [2.05, 4.69) is 31.9 Å². The second-order valence-corrected chi connectivity index (χ2v) is 6.75. The number of alkyl halides is 2. The minimum Gasteiger partial charge on any atom is -0.359 e. The third-order valence-corrected chi connectivity index (χ3v) is 3.28. The lowest BCUT2D eigenvalue weighted by Crippen LogP contribution is -2.39. The average molecular weight is 325 g/mol. The SMILES string of the molecule is O=S(=O)(O)N1CCOC1C(Br)Br. The van der Waals surface area contributed by atoms with Gasteiger partial charge in [0.15, 0.2) is 0 Å². The van der Waals surface area contributed by atoms with Crippen LogP contribution in [0.1, 0.15) is 0 Å². The highest BCUT2D eigenvalue weighted by atomic mass is 79.9. The zero-order valence-corrected chi connectivity index (χ0v) is 9.84. The lowest BCUT2D eigenvalue weighted by Gasteiger charge is -2.19. The normalized spacial score (nSPS) is 26.8. The lowest BCUT2D eigenvalue weighted by molar-refractivity contribution is 0.0812. The van der Waals surface area contributed by atoms with Gasteiger partial charge in [-0.1, -0.05) is 31.9 Å². The van der Waals surface area contributed by atoms with Crippen LogP contribution in [0.5, 0.6) is 0 Å². The van der Waals surface area contributed by atoms with E-state index in [9.17, 15) is 8.42 Å². The molecule has 1 unspecified atom stereocenters. The topological polar surface area (TPSA) is 66.8 Å². The Labute approximate surface area is 87.2 Å². The zero-order valence-electron chi connectivity index (χ0n) is 5.85. The van der Waals surface area contributed by atoms with Gasteiger partial charge in [-0.2, -0.15) is 8.42 Å². The Balaban J connectivity index is 2.78. The van der Waals surface area contributed by atoms with Gasteiger partial charge in [0.1, 0.15) is 9.96 Å². The predicted octanol–water partition coefficient (Wildman–Crippen LogP) is 0.563. The first-order chi connectivity index (χ1) is 5.43. The van der Waals surface area contributed by atoms with Gasteiger partial charge < -0.3 is 4.74 Å². The summed E-state index contributed by atoms with van der Waals surface area (Å²) < 4.78 is 35.7. The first-order valence-corrected chi connectivity index (χ1v) is 6.30. The molecule has 1 aliphatic rings. The van der Waals surface area contributed by atoms with Crippen LogP contribution in [-0.2, 0) is 15.0 Å². The number of hydrogen-bond donors (Lipinski definition) is 1. The molecule has 1 rings (SSSR count). The van der Waals surface area contributed by atoms with Crippen molar-refractivity contribution in [3.63, 3.8) is 0 Å². The first-order valence-electron chi connectivity index (χ1n) is 3.07. The molecule has 0 aromatic carbocycles. The Hall–Kier alpha value is 0.790. The van der Waals surface area contributed by atoms with Crippen molar-refractivity contribution in [2.24, 2.45) is 0 Å². The van der Waals surface area contributed by atoms with Gasteiger partial charge in [-0.25, -0.2) is 0 Å². The van der Waals surface area contributed by atoms with Crippen LogP contribution >= 0.6 is 31.9 Å². The summed E-state index contributed by atoms with van der Waals surface area (Å²) in [5, 5.41) is 0. The van der Waals surface area contributed by atoms with Crippen LogP contribution in [0, 0.1) is 0 Å². The predicted molar refractivity (Wildman–Crippen MR) is 49.6 cm³/mol. The summed E-state index contributed by atoms with van der Waals surface area (Å²) in [6.07, 6.45) is -0.681. The van der Waals surface area contributed by atoms with Crippen LogP contribution < -0.4 is 0 Å². The van der Waals surface area contributed by atoms with E-state index in [0.717, 1.165) is 4.31 Å². The molecule has 0 bridgehead atoms. The van der Waals surface area contributed by atoms with Crippen molar-refractivity contribution in [2.45, 2.75) is 9.96 Å². The first kappa shape index (κ1) is 10.9. The molecule has 0 aliphatic carbocycles. The van der Waals surface area contributed by atoms with Gasteiger partial charge in [-0.3, -0.25) is 4.55 Å². The molecule has 1 heterocycles. The van der Waals surface area contributed by atoms with E-state index < -0.39 is 16.5 Å². The summed E-state index contributed by atoms with van der Waals surface area (Å²) in [4.78, 5) is 0. The highest BCUT2D eigenvalue weighted by Gasteiger charge is 2.37. The summed E-state index contributed by atoms with van der Waals surface area (Å²) >= 11 is 6.22. The number of rotatable bonds is 2. The summed E-state index contributed by atoms with van der Waals surface area (Å²) in [5.41, 5.74) is 0. The van der Waals surface area contributed by atoms with Gasteiger partial charge in [-0.15, -0.1) is 4.31 Å². The van der Waals surface area contributed by atoms with E-state index in [4.69, 9.17) is 9.29 Å². The van der Waals surface area contributed by atoms with Gasteiger partial charge in [0.2, 0.25) is 0 Å².